The first kappa shape index (κ1) is 15.5. The minimum atomic E-state index is -0.249. The SMILES string of the molecule is O=C1c2ccccc2C(=O)N1Cc1ccc(-c2cccc(Cl)n2)cc1. The Balaban J connectivity index is 1.56. The van der Waals surface area contributed by atoms with E-state index in [-0.39, 0.29) is 18.4 Å². The zero-order chi connectivity index (χ0) is 17.4. The van der Waals surface area contributed by atoms with Gasteiger partial charge in [-0.25, -0.2) is 4.98 Å². The Morgan fingerprint density at radius 1 is 0.800 bits per heavy atom. The second-order valence-electron chi connectivity index (χ2n) is 5.78. The van der Waals surface area contributed by atoms with Crippen molar-refractivity contribution < 1.29 is 9.59 Å². The monoisotopic (exact) mass is 348 g/mol. The molecule has 0 N–H and O–H groups in total. The van der Waals surface area contributed by atoms with Gasteiger partial charge in [0, 0.05) is 5.56 Å². The van der Waals surface area contributed by atoms with Gasteiger partial charge in [-0.2, -0.15) is 0 Å². The number of benzene rings is 2. The maximum atomic E-state index is 12.4. The molecular formula is C20H13ClN2O2. The summed E-state index contributed by atoms with van der Waals surface area (Å²) in [6.07, 6.45) is 0. The van der Waals surface area contributed by atoms with Crippen molar-refractivity contribution in [2.45, 2.75) is 6.54 Å². The fourth-order valence-electron chi connectivity index (χ4n) is 2.92. The zero-order valence-electron chi connectivity index (χ0n) is 13.1. The van der Waals surface area contributed by atoms with Crippen LogP contribution in [0.15, 0.2) is 66.7 Å². The first-order valence-corrected chi connectivity index (χ1v) is 8.18. The van der Waals surface area contributed by atoms with E-state index >= 15 is 0 Å². The molecule has 25 heavy (non-hydrogen) atoms. The summed E-state index contributed by atoms with van der Waals surface area (Å²) < 4.78 is 0. The van der Waals surface area contributed by atoms with Crippen molar-refractivity contribution >= 4 is 23.4 Å². The lowest BCUT2D eigenvalue weighted by Crippen LogP contribution is -2.29. The van der Waals surface area contributed by atoms with Crippen molar-refractivity contribution in [2.24, 2.45) is 0 Å². The van der Waals surface area contributed by atoms with Crippen LogP contribution in [0.2, 0.25) is 5.15 Å². The molecule has 0 fully saturated rings. The number of hydrogen-bond acceptors (Lipinski definition) is 3. The largest absolute Gasteiger partial charge is 0.270 e. The molecule has 1 aliphatic rings. The molecule has 0 spiro atoms. The summed E-state index contributed by atoms with van der Waals surface area (Å²) in [5.41, 5.74) is 3.51. The van der Waals surface area contributed by atoms with Crippen LogP contribution in [-0.4, -0.2) is 21.7 Å². The van der Waals surface area contributed by atoms with Crippen LogP contribution in [0.25, 0.3) is 11.3 Å². The molecule has 0 saturated heterocycles. The summed E-state index contributed by atoms with van der Waals surface area (Å²) in [5.74, 6) is -0.498. The van der Waals surface area contributed by atoms with Gasteiger partial charge in [-0.1, -0.05) is 54.1 Å². The smallest absolute Gasteiger partial charge is 0.261 e. The van der Waals surface area contributed by atoms with E-state index in [0.29, 0.717) is 16.3 Å². The number of aromatic nitrogens is 1. The van der Waals surface area contributed by atoms with E-state index in [0.717, 1.165) is 16.8 Å². The van der Waals surface area contributed by atoms with Gasteiger partial charge in [0.1, 0.15) is 5.15 Å². The average Bonchev–Trinajstić information content (AvgIpc) is 2.88. The lowest BCUT2D eigenvalue weighted by atomic mass is 10.1. The number of pyridine rings is 1. The predicted octanol–water partition coefficient (Wildman–Crippen LogP) is 4.20. The second-order valence-corrected chi connectivity index (χ2v) is 6.17. The molecule has 0 unspecified atom stereocenters. The third-order valence-corrected chi connectivity index (χ3v) is 4.39. The Bertz CT molecular complexity index is 948. The highest BCUT2D eigenvalue weighted by molar-refractivity contribution is 6.29. The lowest BCUT2D eigenvalue weighted by Gasteiger charge is -2.14. The van der Waals surface area contributed by atoms with Crippen LogP contribution in [0.1, 0.15) is 26.3 Å². The molecule has 1 aliphatic heterocycles. The molecule has 4 rings (SSSR count). The van der Waals surface area contributed by atoms with E-state index in [2.05, 4.69) is 4.98 Å². The van der Waals surface area contributed by atoms with Crippen LogP contribution in [0.5, 0.6) is 0 Å². The molecule has 0 aliphatic carbocycles. The van der Waals surface area contributed by atoms with Crippen LogP contribution in [0.4, 0.5) is 0 Å². The highest BCUT2D eigenvalue weighted by Gasteiger charge is 2.34. The molecule has 5 heteroatoms. The number of imide groups is 1. The summed E-state index contributed by atoms with van der Waals surface area (Å²) in [5, 5.41) is 0.438. The topological polar surface area (TPSA) is 50.3 Å². The lowest BCUT2D eigenvalue weighted by molar-refractivity contribution is 0.0642. The quantitative estimate of drug-likeness (QED) is 0.526. The van der Waals surface area contributed by atoms with E-state index in [1.54, 1.807) is 30.3 Å². The zero-order valence-corrected chi connectivity index (χ0v) is 13.9. The summed E-state index contributed by atoms with van der Waals surface area (Å²) in [4.78, 5) is 30.4. The second kappa shape index (κ2) is 6.15. The highest BCUT2D eigenvalue weighted by Crippen LogP contribution is 2.25. The number of carbonyl (C=O) groups is 2. The molecule has 2 amide bonds. The molecule has 0 radical (unpaired) electrons. The minimum Gasteiger partial charge on any atom is -0.270 e. The Labute approximate surface area is 149 Å². The number of nitrogens with zero attached hydrogens (tertiary/aromatic N) is 2. The van der Waals surface area contributed by atoms with Crippen LogP contribution < -0.4 is 0 Å². The Kier molecular flexibility index (Phi) is 3.82. The van der Waals surface area contributed by atoms with Crippen molar-refractivity contribution in [2.75, 3.05) is 0 Å². The van der Waals surface area contributed by atoms with E-state index < -0.39 is 0 Å². The highest BCUT2D eigenvalue weighted by atomic mass is 35.5. The van der Waals surface area contributed by atoms with Crippen molar-refractivity contribution in [1.29, 1.82) is 0 Å². The van der Waals surface area contributed by atoms with E-state index in [1.807, 2.05) is 36.4 Å². The number of fused-ring (bicyclic) bond motifs is 1. The van der Waals surface area contributed by atoms with Gasteiger partial charge in [0.15, 0.2) is 0 Å². The number of hydrogen-bond donors (Lipinski definition) is 0. The fraction of sp³-hybridized carbons (Fsp3) is 0.0500. The van der Waals surface area contributed by atoms with Crippen molar-refractivity contribution in [3.8, 4) is 11.3 Å². The van der Waals surface area contributed by atoms with Crippen molar-refractivity contribution in [1.82, 2.24) is 9.88 Å². The van der Waals surface area contributed by atoms with Gasteiger partial charge >= 0.3 is 0 Å². The number of amides is 2. The molecule has 0 atom stereocenters. The van der Waals surface area contributed by atoms with Gasteiger partial charge in [-0.3, -0.25) is 14.5 Å². The summed E-state index contributed by atoms with van der Waals surface area (Å²) in [6, 6.07) is 19.9. The normalized spacial score (nSPS) is 13.2. The van der Waals surface area contributed by atoms with Crippen molar-refractivity contribution in [3.63, 3.8) is 0 Å². The van der Waals surface area contributed by atoms with E-state index in [1.165, 1.54) is 4.90 Å². The first-order chi connectivity index (χ1) is 12.1. The number of rotatable bonds is 3. The van der Waals surface area contributed by atoms with Gasteiger partial charge in [0.25, 0.3) is 11.8 Å². The maximum Gasteiger partial charge on any atom is 0.261 e. The molecule has 0 bridgehead atoms. The number of halogens is 1. The van der Waals surface area contributed by atoms with Gasteiger partial charge in [-0.05, 0) is 29.8 Å². The standard InChI is InChI=1S/C20H13ClN2O2/c21-18-7-3-6-17(22-18)14-10-8-13(9-11-14)12-23-19(24)15-4-1-2-5-16(15)20(23)25/h1-11H,12H2. The molecule has 2 aromatic carbocycles. The third kappa shape index (κ3) is 2.81. The Hall–Kier alpha value is -2.98. The summed E-state index contributed by atoms with van der Waals surface area (Å²) >= 11 is 5.92. The molecule has 2 heterocycles. The van der Waals surface area contributed by atoms with Gasteiger partial charge in [0.2, 0.25) is 0 Å². The van der Waals surface area contributed by atoms with Gasteiger partial charge in [-0.15, -0.1) is 0 Å². The van der Waals surface area contributed by atoms with Gasteiger partial charge < -0.3 is 0 Å². The van der Waals surface area contributed by atoms with E-state index in [4.69, 9.17) is 11.6 Å². The maximum absolute atomic E-state index is 12.4. The Morgan fingerprint density at radius 3 is 2.04 bits per heavy atom. The van der Waals surface area contributed by atoms with Crippen molar-refractivity contribution in [3.05, 3.63) is 88.6 Å². The summed E-state index contributed by atoms with van der Waals surface area (Å²) in [6.45, 7) is 0.246. The minimum absolute atomic E-state index is 0.246. The molecule has 122 valence electrons. The van der Waals surface area contributed by atoms with Crippen LogP contribution in [-0.2, 0) is 6.54 Å². The van der Waals surface area contributed by atoms with E-state index in [9.17, 15) is 9.59 Å². The molecule has 1 aromatic heterocycles. The molecular weight excluding hydrogens is 336 g/mol. The first-order valence-electron chi connectivity index (χ1n) is 7.80. The van der Waals surface area contributed by atoms with Gasteiger partial charge in [0.05, 0.1) is 23.4 Å². The van der Waals surface area contributed by atoms with Crippen LogP contribution >= 0.6 is 11.6 Å². The molecule has 3 aromatic rings. The number of carbonyl (C=O) groups excluding carboxylic acids is 2. The molecule has 0 saturated carbocycles. The van der Waals surface area contributed by atoms with Crippen LogP contribution in [0.3, 0.4) is 0 Å². The Morgan fingerprint density at radius 2 is 1.44 bits per heavy atom. The molecule has 4 nitrogen and oxygen atoms in total. The third-order valence-electron chi connectivity index (χ3n) is 4.18. The summed E-state index contributed by atoms with van der Waals surface area (Å²) in [7, 11) is 0. The van der Waals surface area contributed by atoms with Crippen LogP contribution in [0, 0.1) is 0 Å². The predicted molar refractivity (Wildman–Crippen MR) is 95.3 cm³/mol. The average molecular weight is 349 g/mol. The fourth-order valence-corrected chi connectivity index (χ4v) is 3.08.